The average molecular weight is 615 g/mol. The van der Waals surface area contributed by atoms with Crippen molar-refractivity contribution < 1.29 is 24.0 Å². The maximum atomic E-state index is 14.0. The number of rotatable bonds is 10. The Morgan fingerprint density at radius 2 is 1.11 bits per heavy atom. The highest BCUT2D eigenvalue weighted by Crippen LogP contribution is 2.49. The van der Waals surface area contributed by atoms with Gasteiger partial charge < -0.3 is 4.74 Å². The summed E-state index contributed by atoms with van der Waals surface area (Å²) in [6, 6.07) is 39.7. The lowest BCUT2D eigenvalue weighted by Gasteiger charge is -2.37. The number of nitro benzene ring substituents is 1. The summed E-state index contributed by atoms with van der Waals surface area (Å²) in [5.41, 5.74) is 3.08. The Kier molecular flexibility index (Phi) is 8.26. The van der Waals surface area contributed by atoms with E-state index in [9.17, 15) is 24.5 Å². The number of esters is 1. The van der Waals surface area contributed by atoms with Gasteiger partial charge >= 0.3 is 5.97 Å². The quantitative estimate of drug-likeness (QED) is 0.0421. The van der Waals surface area contributed by atoms with E-state index in [4.69, 9.17) is 4.74 Å². The maximum Gasteiger partial charge on any atom is 0.335 e. The number of nitrogens with zero attached hydrogens (tertiary/aromatic N) is 2. The Hall–Kier alpha value is -5.54. The van der Waals surface area contributed by atoms with Gasteiger partial charge in [0.25, 0.3) is 17.5 Å². The van der Waals surface area contributed by atoms with Crippen LogP contribution in [-0.2, 0) is 9.54 Å². The van der Waals surface area contributed by atoms with Crippen LogP contribution in [0.3, 0.4) is 0 Å². The molecule has 5 aromatic rings. The van der Waals surface area contributed by atoms with E-state index in [2.05, 4.69) is 0 Å². The molecule has 1 atom stereocenters. The highest BCUT2D eigenvalue weighted by atomic mass is 32.2. The van der Waals surface area contributed by atoms with Gasteiger partial charge in [0, 0.05) is 17.9 Å². The maximum absolute atomic E-state index is 14.0. The number of thioether (sulfide) groups is 1. The monoisotopic (exact) mass is 614 g/mol. The molecule has 1 unspecified atom stereocenters. The number of hydrogen-bond donors (Lipinski definition) is 0. The van der Waals surface area contributed by atoms with Crippen molar-refractivity contribution in [3.8, 4) is 5.75 Å². The van der Waals surface area contributed by atoms with Crippen LogP contribution in [0.4, 0.5) is 5.69 Å². The van der Waals surface area contributed by atoms with Gasteiger partial charge in [-0.2, -0.15) is 0 Å². The Bertz CT molecular complexity index is 1730. The summed E-state index contributed by atoms with van der Waals surface area (Å²) >= 11 is 1.42. The summed E-state index contributed by atoms with van der Waals surface area (Å²) in [6.07, 6.45) is 0. The Balaban J connectivity index is 1.44. The third kappa shape index (κ3) is 5.61. The fraction of sp³-hybridized carbons (Fsp3) is 0.0833. The fourth-order valence-electron chi connectivity index (χ4n) is 5.53. The largest absolute Gasteiger partial charge is 0.425 e. The van der Waals surface area contributed by atoms with E-state index in [0.29, 0.717) is 0 Å². The molecule has 0 bridgehead atoms. The molecule has 45 heavy (non-hydrogen) atoms. The molecule has 0 aliphatic carbocycles. The summed E-state index contributed by atoms with van der Waals surface area (Å²) in [5, 5.41) is 11.1. The van der Waals surface area contributed by atoms with E-state index >= 15 is 0 Å². The van der Waals surface area contributed by atoms with Gasteiger partial charge in [0.2, 0.25) is 0 Å². The lowest BCUT2D eigenvalue weighted by Crippen LogP contribution is -2.49. The number of carbonyl (C=O) groups excluding carboxylic acids is 3. The number of ether oxygens (including phenoxy) is 1. The van der Waals surface area contributed by atoms with E-state index in [1.807, 2.05) is 91.0 Å². The third-order valence-corrected chi connectivity index (χ3v) is 9.30. The third-order valence-electron chi connectivity index (χ3n) is 7.67. The number of hydrogen-bond acceptors (Lipinski definition) is 7. The fourth-order valence-corrected chi connectivity index (χ4v) is 7.13. The van der Waals surface area contributed by atoms with Crippen molar-refractivity contribution in [2.45, 2.75) is 10.8 Å². The second-order valence-corrected chi connectivity index (χ2v) is 11.5. The van der Waals surface area contributed by atoms with Crippen LogP contribution in [0.2, 0.25) is 0 Å². The molecule has 222 valence electrons. The molecule has 0 fully saturated rings. The SMILES string of the molecule is O=C(Oc1ccc([N+](=O)[O-])cc1)C(CSC(c1ccccc1)(c1ccccc1)c1ccccc1)N1C(=O)c2ccccc2C1=O. The number of benzene rings is 5. The summed E-state index contributed by atoms with van der Waals surface area (Å²) < 4.78 is 4.84. The molecule has 6 rings (SSSR count). The van der Waals surface area contributed by atoms with Crippen molar-refractivity contribution in [1.29, 1.82) is 0 Å². The normalized spacial score (nSPS) is 13.3. The van der Waals surface area contributed by atoms with Crippen molar-refractivity contribution in [3.63, 3.8) is 0 Å². The number of fused-ring (bicyclic) bond motifs is 1. The summed E-state index contributed by atoms with van der Waals surface area (Å²) in [6.45, 7) is 0. The first kappa shape index (κ1) is 29.5. The smallest absolute Gasteiger partial charge is 0.335 e. The Morgan fingerprint density at radius 3 is 1.53 bits per heavy atom. The lowest BCUT2D eigenvalue weighted by atomic mass is 9.84. The molecule has 0 N–H and O–H groups in total. The topological polar surface area (TPSA) is 107 Å². The predicted molar refractivity (Wildman–Crippen MR) is 171 cm³/mol. The second-order valence-electron chi connectivity index (χ2n) is 10.3. The molecule has 5 aromatic carbocycles. The first-order chi connectivity index (χ1) is 21.9. The van der Waals surface area contributed by atoms with Crippen molar-refractivity contribution in [3.05, 3.63) is 177 Å². The number of carbonyl (C=O) groups is 3. The van der Waals surface area contributed by atoms with Gasteiger partial charge in [-0.1, -0.05) is 103 Å². The molecule has 0 radical (unpaired) electrons. The average Bonchev–Trinajstić information content (AvgIpc) is 3.33. The number of imide groups is 1. The first-order valence-corrected chi connectivity index (χ1v) is 15.1. The lowest BCUT2D eigenvalue weighted by molar-refractivity contribution is -0.384. The molecule has 0 saturated carbocycles. The molecule has 1 heterocycles. The van der Waals surface area contributed by atoms with Crippen LogP contribution in [0.1, 0.15) is 37.4 Å². The van der Waals surface area contributed by atoms with Crippen LogP contribution in [0, 0.1) is 10.1 Å². The number of amides is 2. The zero-order chi connectivity index (χ0) is 31.4. The molecule has 2 amide bonds. The molecular formula is C36H26N2O6S. The van der Waals surface area contributed by atoms with Gasteiger partial charge in [0.05, 0.1) is 20.8 Å². The molecule has 0 spiro atoms. The van der Waals surface area contributed by atoms with Gasteiger partial charge in [-0.15, -0.1) is 11.8 Å². The minimum Gasteiger partial charge on any atom is -0.425 e. The highest BCUT2D eigenvalue weighted by molar-refractivity contribution is 8.00. The van der Waals surface area contributed by atoms with Crippen LogP contribution < -0.4 is 4.74 Å². The minimum absolute atomic E-state index is 0.0179. The molecule has 0 aromatic heterocycles. The van der Waals surface area contributed by atoms with Crippen LogP contribution in [0.25, 0.3) is 0 Å². The van der Waals surface area contributed by atoms with E-state index in [-0.39, 0.29) is 28.3 Å². The summed E-state index contributed by atoms with van der Waals surface area (Å²) in [7, 11) is 0. The summed E-state index contributed by atoms with van der Waals surface area (Å²) in [5.74, 6) is -1.99. The van der Waals surface area contributed by atoms with Crippen molar-refractivity contribution >= 4 is 35.2 Å². The molecule has 0 saturated heterocycles. The van der Waals surface area contributed by atoms with Gasteiger partial charge in [-0.05, 0) is 41.0 Å². The van der Waals surface area contributed by atoms with Crippen molar-refractivity contribution in [2.24, 2.45) is 0 Å². The van der Waals surface area contributed by atoms with Crippen LogP contribution in [-0.4, -0.2) is 39.4 Å². The van der Waals surface area contributed by atoms with Gasteiger partial charge in [-0.3, -0.25) is 24.6 Å². The molecule has 8 nitrogen and oxygen atoms in total. The van der Waals surface area contributed by atoms with Gasteiger partial charge in [-0.25, -0.2) is 4.79 Å². The van der Waals surface area contributed by atoms with E-state index < -0.39 is 33.5 Å². The second kappa shape index (κ2) is 12.6. The first-order valence-electron chi connectivity index (χ1n) is 14.1. The molecule has 1 aliphatic rings. The van der Waals surface area contributed by atoms with Crippen molar-refractivity contribution in [2.75, 3.05) is 5.75 Å². The Labute approximate surface area is 263 Å². The van der Waals surface area contributed by atoms with Crippen LogP contribution in [0.5, 0.6) is 5.75 Å². The predicted octanol–water partition coefficient (Wildman–Crippen LogP) is 6.89. The van der Waals surface area contributed by atoms with Crippen LogP contribution in [0.15, 0.2) is 140 Å². The van der Waals surface area contributed by atoms with E-state index in [1.165, 1.54) is 36.0 Å². The number of nitro groups is 1. The highest BCUT2D eigenvalue weighted by Gasteiger charge is 2.46. The van der Waals surface area contributed by atoms with E-state index in [1.54, 1.807) is 24.3 Å². The van der Waals surface area contributed by atoms with Crippen molar-refractivity contribution in [1.82, 2.24) is 4.90 Å². The number of non-ortho nitro benzene ring substituents is 1. The standard InChI is InChI=1S/C36H26N2O6S/c39-33-30-18-10-11-19-31(30)34(40)37(33)32(35(41)44-29-22-20-28(21-23-29)38(42)43)24-45-36(25-12-4-1-5-13-25,26-14-6-2-7-15-26)27-16-8-3-9-17-27/h1-23,32H,24H2. The molecule has 9 heteroatoms. The van der Waals surface area contributed by atoms with E-state index in [0.717, 1.165) is 21.6 Å². The minimum atomic E-state index is -1.33. The summed E-state index contributed by atoms with van der Waals surface area (Å²) in [4.78, 5) is 52.9. The van der Waals surface area contributed by atoms with Gasteiger partial charge in [0.15, 0.2) is 0 Å². The Morgan fingerprint density at radius 1 is 0.689 bits per heavy atom. The van der Waals surface area contributed by atoms with Gasteiger partial charge in [0.1, 0.15) is 11.8 Å². The zero-order valence-electron chi connectivity index (χ0n) is 23.8. The molecule has 1 aliphatic heterocycles. The molecular weight excluding hydrogens is 588 g/mol. The van der Waals surface area contributed by atoms with Crippen LogP contribution >= 0.6 is 11.8 Å². The zero-order valence-corrected chi connectivity index (χ0v) is 24.6.